The van der Waals surface area contributed by atoms with Crippen molar-refractivity contribution in [2.45, 2.75) is 76.8 Å². The second kappa shape index (κ2) is 4.51. The van der Waals surface area contributed by atoms with Crippen LogP contribution in [0.1, 0.15) is 64.7 Å². The van der Waals surface area contributed by atoms with E-state index in [1.165, 1.54) is 38.5 Å². The van der Waals surface area contributed by atoms with Gasteiger partial charge in [-0.3, -0.25) is 0 Å². The molecule has 0 aromatic rings. The first-order chi connectivity index (χ1) is 8.86. The van der Waals surface area contributed by atoms with Crippen molar-refractivity contribution in [2.75, 3.05) is 0 Å². The Morgan fingerprint density at radius 3 is 2.56 bits per heavy atom. The topological polar surface area (TPSA) is 12.0 Å². The summed E-state index contributed by atoms with van der Waals surface area (Å²) in [6, 6.07) is 1.78. The van der Waals surface area contributed by atoms with Crippen LogP contribution in [-0.2, 0) is 0 Å². The monoisotopic (exact) mass is 247 g/mol. The fraction of sp³-hybridized carbons (Fsp3) is 1.00. The van der Waals surface area contributed by atoms with Crippen LogP contribution in [-0.4, -0.2) is 12.1 Å². The third-order valence-electron chi connectivity index (χ3n) is 7.04. The van der Waals surface area contributed by atoms with Gasteiger partial charge in [0.2, 0.25) is 0 Å². The molecule has 18 heavy (non-hydrogen) atoms. The van der Waals surface area contributed by atoms with E-state index in [1.807, 2.05) is 0 Å². The lowest BCUT2D eigenvalue weighted by atomic mass is 9.78. The minimum atomic E-state index is 0.874. The molecule has 0 aromatic carbocycles. The quantitative estimate of drug-likeness (QED) is 0.795. The smallest absolute Gasteiger partial charge is 0.0104 e. The summed E-state index contributed by atoms with van der Waals surface area (Å²) in [4.78, 5) is 0. The Morgan fingerprint density at radius 2 is 1.67 bits per heavy atom. The van der Waals surface area contributed by atoms with Gasteiger partial charge in [-0.05, 0) is 68.1 Å². The summed E-state index contributed by atoms with van der Waals surface area (Å²) in [7, 11) is 0. The van der Waals surface area contributed by atoms with E-state index in [0.717, 1.165) is 41.7 Å². The van der Waals surface area contributed by atoms with Crippen molar-refractivity contribution in [3.05, 3.63) is 0 Å². The number of nitrogens with one attached hydrogen (secondary N) is 1. The van der Waals surface area contributed by atoms with Gasteiger partial charge >= 0.3 is 0 Å². The SMILES string of the molecule is CCC1CCCC1NC1CC2CC1C1CCCC21. The molecule has 1 N–H and O–H groups in total. The third kappa shape index (κ3) is 1.69. The Balaban J connectivity index is 1.42. The maximum Gasteiger partial charge on any atom is 0.0104 e. The van der Waals surface area contributed by atoms with Gasteiger partial charge in [0.1, 0.15) is 0 Å². The van der Waals surface area contributed by atoms with E-state index in [1.54, 1.807) is 19.3 Å². The summed E-state index contributed by atoms with van der Waals surface area (Å²) in [6.45, 7) is 2.39. The summed E-state index contributed by atoms with van der Waals surface area (Å²) < 4.78 is 0. The molecule has 4 saturated carbocycles. The molecule has 0 heterocycles. The van der Waals surface area contributed by atoms with Crippen molar-refractivity contribution < 1.29 is 0 Å². The lowest BCUT2D eigenvalue weighted by Gasteiger charge is -2.35. The van der Waals surface area contributed by atoms with Crippen molar-refractivity contribution in [3.63, 3.8) is 0 Å². The molecule has 4 aliphatic carbocycles. The number of hydrogen-bond donors (Lipinski definition) is 1. The van der Waals surface area contributed by atoms with E-state index in [-0.39, 0.29) is 0 Å². The van der Waals surface area contributed by atoms with Crippen molar-refractivity contribution in [3.8, 4) is 0 Å². The van der Waals surface area contributed by atoms with Gasteiger partial charge in [-0.15, -0.1) is 0 Å². The van der Waals surface area contributed by atoms with E-state index in [0.29, 0.717) is 0 Å². The molecule has 0 aliphatic heterocycles. The predicted molar refractivity (Wildman–Crippen MR) is 75.4 cm³/mol. The standard InChI is InChI=1S/C17H29N/c1-2-11-5-3-8-16(11)18-17-10-12-9-15(17)14-7-4-6-13(12)14/h11-18H,2-10H2,1H3. The molecule has 2 bridgehead atoms. The van der Waals surface area contributed by atoms with Gasteiger partial charge in [0.05, 0.1) is 0 Å². The van der Waals surface area contributed by atoms with Gasteiger partial charge in [0.15, 0.2) is 0 Å². The molecule has 4 aliphatic rings. The van der Waals surface area contributed by atoms with E-state index in [4.69, 9.17) is 0 Å². The molecule has 1 nitrogen and oxygen atoms in total. The molecule has 102 valence electrons. The zero-order valence-corrected chi connectivity index (χ0v) is 11.9. The van der Waals surface area contributed by atoms with E-state index >= 15 is 0 Å². The van der Waals surface area contributed by atoms with Gasteiger partial charge in [-0.25, -0.2) is 0 Å². The van der Waals surface area contributed by atoms with Crippen LogP contribution in [0.4, 0.5) is 0 Å². The third-order valence-corrected chi connectivity index (χ3v) is 7.04. The highest BCUT2D eigenvalue weighted by atomic mass is 15.0. The van der Waals surface area contributed by atoms with Crippen molar-refractivity contribution >= 4 is 0 Å². The van der Waals surface area contributed by atoms with Crippen LogP contribution in [0, 0.1) is 29.6 Å². The number of fused-ring (bicyclic) bond motifs is 5. The van der Waals surface area contributed by atoms with Crippen molar-refractivity contribution in [1.82, 2.24) is 5.32 Å². The molecule has 7 atom stereocenters. The largest absolute Gasteiger partial charge is 0.311 e. The van der Waals surface area contributed by atoms with Gasteiger partial charge in [-0.1, -0.05) is 26.2 Å². The molecule has 0 radical (unpaired) electrons. The van der Waals surface area contributed by atoms with Crippen molar-refractivity contribution in [2.24, 2.45) is 29.6 Å². The second-order valence-corrected chi connectivity index (χ2v) is 7.63. The van der Waals surface area contributed by atoms with Gasteiger partial charge < -0.3 is 5.32 Å². The average molecular weight is 247 g/mol. The predicted octanol–water partition coefficient (Wildman–Crippen LogP) is 3.98. The molecule has 1 heteroatoms. The zero-order chi connectivity index (χ0) is 12.1. The fourth-order valence-electron chi connectivity index (χ4n) is 6.28. The number of rotatable bonds is 3. The average Bonchev–Trinajstić information content (AvgIpc) is 3.10. The molecule has 0 amide bonds. The van der Waals surface area contributed by atoms with Crippen LogP contribution < -0.4 is 5.32 Å². The van der Waals surface area contributed by atoms with Gasteiger partial charge in [0.25, 0.3) is 0 Å². The molecular weight excluding hydrogens is 218 g/mol. The Hall–Kier alpha value is -0.0400. The summed E-state index contributed by atoms with van der Waals surface area (Å²) >= 11 is 0. The van der Waals surface area contributed by atoms with E-state index in [9.17, 15) is 0 Å². The van der Waals surface area contributed by atoms with Crippen LogP contribution in [0.25, 0.3) is 0 Å². The zero-order valence-electron chi connectivity index (χ0n) is 11.9. The minimum absolute atomic E-state index is 0.874. The lowest BCUT2D eigenvalue weighted by Crippen LogP contribution is -2.45. The second-order valence-electron chi connectivity index (χ2n) is 7.63. The molecule has 0 spiro atoms. The summed E-state index contributed by atoms with van der Waals surface area (Å²) in [5, 5.41) is 4.12. The van der Waals surface area contributed by atoms with Gasteiger partial charge in [0, 0.05) is 12.1 Å². The van der Waals surface area contributed by atoms with Gasteiger partial charge in [-0.2, -0.15) is 0 Å². The van der Waals surface area contributed by atoms with Crippen molar-refractivity contribution in [1.29, 1.82) is 0 Å². The molecule has 4 fully saturated rings. The Kier molecular flexibility index (Phi) is 2.94. The Bertz CT molecular complexity index is 313. The summed E-state index contributed by atoms with van der Waals surface area (Å²) in [5.74, 6) is 5.45. The maximum atomic E-state index is 4.12. The van der Waals surface area contributed by atoms with Crippen LogP contribution in [0.15, 0.2) is 0 Å². The fourth-order valence-corrected chi connectivity index (χ4v) is 6.28. The highest BCUT2D eigenvalue weighted by molar-refractivity contribution is 5.06. The Morgan fingerprint density at radius 1 is 0.833 bits per heavy atom. The molecule has 0 saturated heterocycles. The summed E-state index contributed by atoms with van der Waals surface area (Å²) in [5.41, 5.74) is 0. The number of hydrogen-bond acceptors (Lipinski definition) is 1. The highest BCUT2D eigenvalue weighted by Crippen LogP contribution is 2.58. The van der Waals surface area contributed by atoms with Crippen LogP contribution in [0.2, 0.25) is 0 Å². The first-order valence-electron chi connectivity index (χ1n) is 8.63. The summed E-state index contributed by atoms with van der Waals surface area (Å²) in [6.07, 6.45) is 13.6. The Labute approximate surface area is 112 Å². The van der Waals surface area contributed by atoms with E-state index < -0.39 is 0 Å². The maximum absolute atomic E-state index is 4.12. The lowest BCUT2D eigenvalue weighted by molar-refractivity contribution is 0.188. The first-order valence-corrected chi connectivity index (χ1v) is 8.63. The van der Waals surface area contributed by atoms with Crippen LogP contribution >= 0.6 is 0 Å². The first kappa shape index (κ1) is 11.8. The van der Waals surface area contributed by atoms with Crippen LogP contribution in [0.5, 0.6) is 0 Å². The van der Waals surface area contributed by atoms with E-state index in [2.05, 4.69) is 12.2 Å². The highest BCUT2D eigenvalue weighted by Gasteiger charge is 2.54. The normalized spacial score (nSPS) is 54.2. The molecular formula is C17H29N. The minimum Gasteiger partial charge on any atom is -0.311 e. The molecule has 7 unspecified atom stereocenters. The van der Waals surface area contributed by atoms with Crippen LogP contribution in [0.3, 0.4) is 0 Å². The molecule has 0 aromatic heterocycles. The molecule has 4 rings (SSSR count).